The fourth-order valence-electron chi connectivity index (χ4n) is 1.26. The van der Waals surface area contributed by atoms with Gasteiger partial charge >= 0.3 is 0 Å². The highest BCUT2D eigenvalue weighted by Gasteiger charge is 2.28. The fraction of sp³-hybridized carbons (Fsp3) is 0.909. The molecular weight excluding hydrogens is 164 g/mol. The van der Waals surface area contributed by atoms with Gasteiger partial charge in [-0.2, -0.15) is 0 Å². The Morgan fingerprint density at radius 3 is 2.08 bits per heavy atom. The van der Waals surface area contributed by atoms with Crippen LogP contribution in [0, 0.1) is 5.92 Å². The molecule has 0 rings (SSSR count). The highest BCUT2D eigenvalue weighted by Crippen LogP contribution is 2.19. The number of carbonyl (C=O) groups is 1. The van der Waals surface area contributed by atoms with Crippen molar-refractivity contribution in [3.05, 3.63) is 0 Å². The normalized spacial score (nSPS) is 15.8. The van der Waals surface area contributed by atoms with Gasteiger partial charge in [0.05, 0.1) is 0 Å². The van der Waals surface area contributed by atoms with Crippen molar-refractivity contribution in [3.63, 3.8) is 0 Å². The lowest BCUT2D eigenvalue weighted by atomic mass is 9.88. The number of hydrogen-bond donors (Lipinski definition) is 1. The van der Waals surface area contributed by atoms with Crippen LogP contribution >= 0.6 is 0 Å². The molecule has 0 aliphatic heterocycles. The molecule has 0 bridgehead atoms. The maximum atomic E-state index is 11.6. The van der Waals surface area contributed by atoms with E-state index in [4.69, 9.17) is 0 Å². The van der Waals surface area contributed by atoms with Crippen LogP contribution in [0.5, 0.6) is 0 Å². The third-order valence-corrected chi connectivity index (χ3v) is 2.92. The molecule has 0 saturated heterocycles. The first-order chi connectivity index (χ1) is 5.97. The molecule has 2 nitrogen and oxygen atoms in total. The summed E-state index contributed by atoms with van der Waals surface area (Å²) in [5.41, 5.74) is -1.11. The second kappa shape index (κ2) is 5.38. The molecule has 0 saturated carbocycles. The zero-order chi connectivity index (χ0) is 10.5. The molecule has 0 aliphatic carbocycles. The molecule has 0 heterocycles. The van der Waals surface area contributed by atoms with E-state index in [1.54, 1.807) is 6.92 Å². The van der Waals surface area contributed by atoms with Crippen molar-refractivity contribution in [2.24, 2.45) is 5.92 Å². The van der Waals surface area contributed by atoms with Gasteiger partial charge in [0.1, 0.15) is 5.60 Å². The van der Waals surface area contributed by atoms with Gasteiger partial charge in [-0.15, -0.1) is 0 Å². The van der Waals surface area contributed by atoms with E-state index in [0.717, 1.165) is 12.8 Å². The molecule has 1 atom stereocenters. The van der Waals surface area contributed by atoms with E-state index in [0.29, 0.717) is 18.8 Å². The standard InChI is InChI=1S/C11H22O2/c1-5-9(6-2)8-10(12)11(4,13)7-3/h9,13H,5-8H2,1-4H3. The Morgan fingerprint density at radius 1 is 1.31 bits per heavy atom. The van der Waals surface area contributed by atoms with Crippen molar-refractivity contribution < 1.29 is 9.90 Å². The third kappa shape index (κ3) is 3.90. The molecule has 0 radical (unpaired) electrons. The maximum absolute atomic E-state index is 11.6. The summed E-state index contributed by atoms with van der Waals surface area (Å²) in [6.45, 7) is 7.62. The van der Waals surface area contributed by atoms with Gasteiger partial charge in [0.15, 0.2) is 5.78 Å². The van der Waals surface area contributed by atoms with E-state index >= 15 is 0 Å². The lowest BCUT2D eigenvalue weighted by molar-refractivity contribution is -0.137. The molecule has 0 aromatic heterocycles. The average molecular weight is 186 g/mol. The third-order valence-electron chi connectivity index (χ3n) is 2.92. The molecule has 0 aromatic rings. The van der Waals surface area contributed by atoms with Gasteiger partial charge in [0.2, 0.25) is 0 Å². The maximum Gasteiger partial charge on any atom is 0.164 e. The summed E-state index contributed by atoms with van der Waals surface area (Å²) >= 11 is 0. The Hall–Kier alpha value is -0.370. The smallest absolute Gasteiger partial charge is 0.164 e. The van der Waals surface area contributed by atoms with E-state index in [2.05, 4.69) is 13.8 Å². The van der Waals surface area contributed by atoms with Gasteiger partial charge in [-0.25, -0.2) is 0 Å². The van der Waals surface area contributed by atoms with Crippen LogP contribution in [0.1, 0.15) is 53.4 Å². The molecule has 0 spiro atoms. The molecule has 0 aliphatic rings. The number of rotatable bonds is 6. The molecule has 1 N–H and O–H groups in total. The molecule has 0 amide bonds. The van der Waals surface area contributed by atoms with Crippen LogP contribution in [0.4, 0.5) is 0 Å². The molecular formula is C11H22O2. The van der Waals surface area contributed by atoms with Crippen LogP contribution in [-0.4, -0.2) is 16.5 Å². The molecule has 0 fully saturated rings. The van der Waals surface area contributed by atoms with E-state index in [1.165, 1.54) is 0 Å². The zero-order valence-corrected chi connectivity index (χ0v) is 9.26. The molecule has 2 heteroatoms. The quantitative estimate of drug-likeness (QED) is 0.692. The SMILES string of the molecule is CCC(CC)CC(=O)C(C)(O)CC. The van der Waals surface area contributed by atoms with Crippen molar-refractivity contribution in [1.29, 1.82) is 0 Å². The van der Waals surface area contributed by atoms with Crippen LogP contribution in [0.3, 0.4) is 0 Å². The van der Waals surface area contributed by atoms with Gasteiger partial charge in [-0.05, 0) is 19.3 Å². The summed E-state index contributed by atoms with van der Waals surface area (Å²) < 4.78 is 0. The van der Waals surface area contributed by atoms with Gasteiger partial charge in [0, 0.05) is 6.42 Å². The topological polar surface area (TPSA) is 37.3 Å². The highest BCUT2D eigenvalue weighted by molar-refractivity contribution is 5.86. The van der Waals surface area contributed by atoms with Crippen molar-refractivity contribution in [3.8, 4) is 0 Å². The molecule has 0 aromatic carbocycles. The number of ketones is 1. The predicted molar refractivity (Wildman–Crippen MR) is 54.6 cm³/mol. The summed E-state index contributed by atoms with van der Waals surface area (Å²) in [6.07, 6.45) is 3.06. The van der Waals surface area contributed by atoms with Crippen LogP contribution < -0.4 is 0 Å². The largest absolute Gasteiger partial charge is 0.382 e. The Balaban J connectivity index is 4.13. The van der Waals surface area contributed by atoms with E-state index in [-0.39, 0.29) is 5.78 Å². The number of aliphatic hydroxyl groups is 1. The monoisotopic (exact) mass is 186 g/mol. The van der Waals surface area contributed by atoms with Crippen molar-refractivity contribution in [1.82, 2.24) is 0 Å². The number of carbonyl (C=O) groups excluding carboxylic acids is 1. The molecule has 13 heavy (non-hydrogen) atoms. The van der Waals surface area contributed by atoms with Crippen LogP contribution in [0.25, 0.3) is 0 Å². The first-order valence-electron chi connectivity index (χ1n) is 5.23. The minimum absolute atomic E-state index is 0.0105. The van der Waals surface area contributed by atoms with Crippen LogP contribution in [0.2, 0.25) is 0 Å². The van der Waals surface area contributed by atoms with Gasteiger partial charge in [-0.3, -0.25) is 4.79 Å². The lowest BCUT2D eigenvalue weighted by Crippen LogP contribution is -2.35. The van der Waals surface area contributed by atoms with Crippen molar-refractivity contribution >= 4 is 5.78 Å². The summed E-state index contributed by atoms with van der Waals surface area (Å²) in [7, 11) is 0. The van der Waals surface area contributed by atoms with Crippen LogP contribution in [0.15, 0.2) is 0 Å². The van der Waals surface area contributed by atoms with Gasteiger partial charge in [0.25, 0.3) is 0 Å². The predicted octanol–water partition coefficient (Wildman–Crippen LogP) is 2.54. The Bertz CT molecular complexity index is 157. The Kier molecular flexibility index (Phi) is 5.23. The second-order valence-electron chi connectivity index (χ2n) is 3.94. The minimum Gasteiger partial charge on any atom is -0.382 e. The zero-order valence-electron chi connectivity index (χ0n) is 9.26. The Labute approximate surface area is 81.3 Å². The lowest BCUT2D eigenvalue weighted by Gasteiger charge is -2.22. The van der Waals surface area contributed by atoms with Crippen molar-refractivity contribution in [2.75, 3.05) is 0 Å². The minimum atomic E-state index is -1.11. The fourth-order valence-corrected chi connectivity index (χ4v) is 1.26. The van der Waals surface area contributed by atoms with E-state index < -0.39 is 5.60 Å². The Morgan fingerprint density at radius 2 is 1.77 bits per heavy atom. The molecule has 78 valence electrons. The van der Waals surface area contributed by atoms with Gasteiger partial charge < -0.3 is 5.11 Å². The first kappa shape index (κ1) is 12.6. The average Bonchev–Trinajstić information content (AvgIpc) is 2.13. The van der Waals surface area contributed by atoms with Crippen molar-refractivity contribution in [2.45, 2.75) is 59.0 Å². The summed E-state index contributed by atoms with van der Waals surface area (Å²) in [5, 5.41) is 9.68. The first-order valence-corrected chi connectivity index (χ1v) is 5.23. The number of hydrogen-bond acceptors (Lipinski definition) is 2. The second-order valence-corrected chi connectivity index (χ2v) is 3.94. The highest BCUT2D eigenvalue weighted by atomic mass is 16.3. The summed E-state index contributed by atoms with van der Waals surface area (Å²) in [5.74, 6) is 0.425. The summed E-state index contributed by atoms with van der Waals surface area (Å²) in [6, 6.07) is 0. The van der Waals surface area contributed by atoms with E-state index in [9.17, 15) is 9.90 Å². The number of Topliss-reactive ketones (excluding diaryl/α,β-unsaturated/α-hetero) is 1. The van der Waals surface area contributed by atoms with Gasteiger partial charge in [-0.1, -0.05) is 33.6 Å². The van der Waals surface area contributed by atoms with E-state index in [1.807, 2.05) is 6.92 Å². The molecule has 1 unspecified atom stereocenters. The summed E-state index contributed by atoms with van der Waals surface area (Å²) in [4.78, 5) is 11.6. The van der Waals surface area contributed by atoms with Crippen LogP contribution in [-0.2, 0) is 4.79 Å².